The first kappa shape index (κ1) is 13.0. The van der Waals surface area contributed by atoms with Crippen LogP contribution in [-0.2, 0) is 12.3 Å². The van der Waals surface area contributed by atoms with E-state index in [9.17, 15) is 4.39 Å². The molecule has 0 saturated heterocycles. The van der Waals surface area contributed by atoms with Gasteiger partial charge < -0.3 is 0 Å². The predicted octanol–water partition coefficient (Wildman–Crippen LogP) is 3.34. The maximum absolute atomic E-state index is 13.0. The molecule has 0 aliphatic heterocycles. The summed E-state index contributed by atoms with van der Waals surface area (Å²) in [5, 5.41) is 8.23. The fraction of sp³-hybridized carbons (Fsp3) is 0.385. The third kappa shape index (κ3) is 2.70. The number of benzene rings is 1. The van der Waals surface area contributed by atoms with Crippen LogP contribution in [0.1, 0.15) is 25.5 Å². The Hall–Kier alpha value is -1.42. The number of hydrogen-bond donors (Lipinski definition) is 0. The second-order valence-corrected chi connectivity index (χ2v) is 4.84. The van der Waals surface area contributed by atoms with E-state index < -0.39 is 0 Å². The molecule has 0 N–H and O–H groups in total. The Bertz CT molecular complexity index is 520. The van der Waals surface area contributed by atoms with Gasteiger partial charge in [-0.2, -0.15) is 0 Å². The molecule has 0 spiro atoms. The van der Waals surface area contributed by atoms with Gasteiger partial charge in [0.2, 0.25) is 0 Å². The fourth-order valence-electron chi connectivity index (χ4n) is 1.83. The SMILES string of the molecule is CC(C)Cc1nnc(CCl)n1-c1ccc(F)cc1. The minimum Gasteiger partial charge on any atom is -0.282 e. The second-order valence-electron chi connectivity index (χ2n) is 4.58. The van der Waals surface area contributed by atoms with Crippen molar-refractivity contribution >= 4 is 11.6 Å². The summed E-state index contributed by atoms with van der Waals surface area (Å²) in [7, 11) is 0. The molecule has 0 aliphatic carbocycles. The van der Waals surface area contributed by atoms with Gasteiger partial charge in [-0.3, -0.25) is 4.57 Å². The largest absolute Gasteiger partial charge is 0.282 e. The van der Waals surface area contributed by atoms with Crippen LogP contribution in [0.4, 0.5) is 4.39 Å². The van der Waals surface area contributed by atoms with Crippen molar-refractivity contribution in [2.75, 3.05) is 0 Å². The van der Waals surface area contributed by atoms with Crippen molar-refractivity contribution in [2.24, 2.45) is 5.92 Å². The maximum atomic E-state index is 13.0. The molecule has 2 aromatic rings. The monoisotopic (exact) mass is 267 g/mol. The van der Waals surface area contributed by atoms with E-state index in [0.717, 1.165) is 17.9 Å². The quantitative estimate of drug-likeness (QED) is 0.796. The lowest BCUT2D eigenvalue weighted by atomic mass is 10.1. The third-order valence-corrected chi connectivity index (χ3v) is 2.83. The average Bonchev–Trinajstić information content (AvgIpc) is 2.72. The van der Waals surface area contributed by atoms with Crippen LogP contribution >= 0.6 is 11.6 Å². The van der Waals surface area contributed by atoms with Crippen LogP contribution in [0.2, 0.25) is 0 Å². The summed E-state index contributed by atoms with van der Waals surface area (Å²) in [5.41, 5.74) is 0.840. The van der Waals surface area contributed by atoms with Gasteiger partial charge in [0.1, 0.15) is 11.6 Å². The highest BCUT2D eigenvalue weighted by Gasteiger charge is 2.14. The standard InChI is InChI=1S/C13H15ClFN3/c1-9(2)7-12-16-17-13(8-14)18(12)11-5-3-10(15)4-6-11/h3-6,9H,7-8H2,1-2H3. The first-order chi connectivity index (χ1) is 8.61. The van der Waals surface area contributed by atoms with Crippen molar-refractivity contribution in [3.63, 3.8) is 0 Å². The van der Waals surface area contributed by atoms with Gasteiger partial charge in [0.05, 0.1) is 5.88 Å². The van der Waals surface area contributed by atoms with E-state index in [-0.39, 0.29) is 11.7 Å². The van der Waals surface area contributed by atoms with Gasteiger partial charge in [0, 0.05) is 12.1 Å². The van der Waals surface area contributed by atoms with Crippen LogP contribution in [0.15, 0.2) is 24.3 Å². The van der Waals surface area contributed by atoms with Crippen LogP contribution in [0.5, 0.6) is 0 Å². The van der Waals surface area contributed by atoms with E-state index >= 15 is 0 Å². The number of alkyl halides is 1. The summed E-state index contributed by atoms with van der Waals surface area (Å²) in [5.74, 6) is 2.02. The molecule has 0 bridgehead atoms. The highest BCUT2D eigenvalue weighted by molar-refractivity contribution is 6.16. The van der Waals surface area contributed by atoms with E-state index in [2.05, 4.69) is 24.0 Å². The molecular formula is C13H15ClFN3. The Morgan fingerprint density at radius 3 is 2.33 bits per heavy atom. The molecule has 0 amide bonds. The Balaban J connectivity index is 2.46. The van der Waals surface area contributed by atoms with Crippen molar-refractivity contribution in [1.82, 2.24) is 14.8 Å². The van der Waals surface area contributed by atoms with Crippen LogP contribution in [0.25, 0.3) is 5.69 Å². The summed E-state index contributed by atoms with van der Waals surface area (Å²) in [4.78, 5) is 0. The zero-order chi connectivity index (χ0) is 13.1. The molecule has 18 heavy (non-hydrogen) atoms. The van der Waals surface area contributed by atoms with Gasteiger partial charge in [-0.15, -0.1) is 21.8 Å². The summed E-state index contributed by atoms with van der Waals surface area (Å²) in [6.07, 6.45) is 0.807. The predicted molar refractivity (Wildman–Crippen MR) is 69.4 cm³/mol. The van der Waals surface area contributed by atoms with Crippen LogP contribution < -0.4 is 0 Å². The maximum Gasteiger partial charge on any atom is 0.152 e. The lowest BCUT2D eigenvalue weighted by molar-refractivity contribution is 0.609. The zero-order valence-electron chi connectivity index (χ0n) is 10.4. The molecular weight excluding hydrogens is 253 g/mol. The highest BCUT2D eigenvalue weighted by Crippen LogP contribution is 2.17. The first-order valence-electron chi connectivity index (χ1n) is 5.87. The minimum atomic E-state index is -0.260. The topological polar surface area (TPSA) is 30.7 Å². The molecule has 1 aromatic heterocycles. The Kier molecular flexibility index (Phi) is 3.97. The molecule has 96 valence electrons. The molecule has 0 fully saturated rings. The minimum absolute atomic E-state index is 0.260. The van der Waals surface area contributed by atoms with Crippen molar-refractivity contribution in [2.45, 2.75) is 26.1 Å². The molecule has 0 unspecified atom stereocenters. The zero-order valence-corrected chi connectivity index (χ0v) is 11.2. The van der Waals surface area contributed by atoms with Gasteiger partial charge in [-0.1, -0.05) is 13.8 Å². The van der Waals surface area contributed by atoms with Crippen molar-refractivity contribution in [1.29, 1.82) is 0 Å². The molecule has 3 nitrogen and oxygen atoms in total. The van der Waals surface area contributed by atoms with E-state index in [0.29, 0.717) is 11.7 Å². The molecule has 2 rings (SSSR count). The van der Waals surface area contributed by atoms with Crippen molar-refractivity contribution in [3.05, 3.63) is 41.7 Å². The summed E-state index contributed by atoms with van der Waals surface area (Å²) < 4.78 is 14.9. The smallest absolute Gasteiger partial charge is 0.152 e. The lowest BCUT2D eigenvalue weighted by Gasteiger charge is -2.10. The lowest BCUT2D eigenvalue weighted by Crippen LogP contribution is -2.07. The van der Waals surface area contributed by atoms with E-state index in [1.807, 2.05) is 4.57 Å². The van der Waals surface area contributed by atoms with Crippen LogP contribution in [0.3, 0.4) is 0 Å². The van der Waals surface area contributed by atoms with E-state index in [1.54, 1.807) is 12.1 Å². The molecule has 5 heteroatoms. The molecule has 0 radical (unpaired) electrons. The Labute approximate surface area is 111 Å². The van der Waals surface area contributed by atoms with Gasteiger partial charge in [0.15, 0.2) is 5.82 Å². The molecule has 0 atom stereocenters. The molecule has 0 aliphatic rings. The Morgan fingerprint density at radius 2 is 1.78 bits per heavy atom. The normalized spacial score (nSPS) is 11.2. The number of rotatable bonds is 4. The van der Waals surface area contributed by atoms with Crippen LogP contribution in [-0.4, -0.2) is 14.8 Å². The number of nitrogens with zero attached hydrogens (tertiary/aromatic N) is 3. The first-order valence-corrected chi connectivity index (χ1v) is 6.40. The molecule has 0 saturated carbocycles. The van der Waals surface area contributed by atoms with Gasteiger partial charge >= 0.3 is 0 Å². The van der Waals surface area contributed by atoms with E-state index in [4.69, 9.17) is 11.6 Å². The third-order valence-electron chi connectivity index (χ3n) is 2.59. The van der Waals surface area contributed by atoms with Gasteiger partial charge in [0.25, 0.3) is 0 Å². The number of aromatic nitrogens is 3. The molecule has 1 heterocycles. The van der Waals surface area contributed by atoms with Gasteiger partial charge in [-0.05, 0) is 30.2 Å². The van der Waals surface area contributed by atoms with E-state index in [1.165, 1.54) is 12.1 Å². The van der Waals surface area contributed by atoms with Crippen molar-refractivity contribution < 1.29 is 4.39 Å². The Morgan fingerprint density at radius 1 is 1.17 bits per heavy atom. The summed E-state index contributed by atoms with van der Waals surface area (Å²) >= 11 is 5.87. The molecule has 1 aromatic carbocycles. The highest BCUT2D eigenvalue weighted by atomic mass is 35.5. The van der Waals surface area contributed by atoms with Gasteiger partial charge in [-0.25, -0.2) is 4.39 Å². The summed E-state index contributed by atoms with van der Waals surface area (Å²) in [6, 6.07) is 6.26. The summed E-state index contributed by atoms with van der Waals surface area (Å²) in [6.45, 7) is 4.23. The average molecular weight is 268 g/mol. The fourth-order valence-corrected chi connectivity index (χ4v) is 2.00. The second kappa shape index (κ2) is 5.48. The van der Waals surface area contributed by atoms with Crippen LogP contribution in [0, 0.1) is 11.7 Å². The number of hydrogen-bond acceptors (Lipinski definition) is 2. The number of halogens is 2. The van der Waals surface area contributed by atoms with Crippen molar-refractivity contribution in [3.8, 4) is 5.69 Å².